The summed E-state index contributed by atoms with van der Waals surface area (Å²) >= 11 is 6.18. The van der Waals surface area contributed by atoms with Gasteiger partial charge in [0.25, 0.3) is 5.91 Å². The topological polar surface area (TPSA) is 142 Å². The van der Waals surface area contributed by atoms with Crippen molar-refractivity contribution in [2.45, 2.75) is 55.3 Å². The normalized spacial score (nSPS) is 20.9. The van der Waals surface area contributed by atoms with Crippen LogP contribution in [0, 0.1) is 11.6 Å². The van der Waals surface area contributed by atoms with Crippen molar-refractivity contribution in [2.75, 3.05) is 20.3 Å². The first-order chi connectivity index (χ1) is 21.8. The predicted molar refractivity (Wildman–Crippen MR) is 160 cm³/mol. The molecule has 1 unspecified atom stereocenters. The number of ether oxygens (including phenoxy) is 2. The van der Waals surface area contributed by atoms with E-state index in [2.05, 4.69) is 15.4 Å². The van der Waals surface area contributed by atoms with Gasteiger partial charge in [-0.15, -0.1) is 0 Å². The van der Waals surface area contributed by atoms with Crippen LogP contribution in [0.4, 0.5) is 13.2 Å². The Labute approximate surface area is 265 Å². The summed E-state index contributed by atoms with van der Waals surface area (Å²) in [6.45, 7) is 0.642. The lowest BCUT2D eigenvalue weighted by Crippen LogP contribution is -2.49. The molecular formula is C32H29ClF3N5O5. The molecule has 2 aromatic carbocycles. The number of halogens is 4. The molecule has 2 atom stereocenters. The predicted octanol–water partition coefficient (Wildman–Crippen LogP) is 4.63. The Morgan fingerprint density at radius 1 is 1.26 bits per heavy atom. The zero-order chi connectivity index (χ0) is 32.8. The Kier molecular flexibility index (Phi) is 6.80. The average Bonchev–Trinajstić information content (AvgIpc) is 3.96. The number of hydrogen-bond acceptors (Lipinski definition) is 7. The van der Waals surface area contributed by atoms with Gasteiger partial charge in [0.2, 0.25) is 5.91 Å². The van der Waals surface area contributed by atoms with Crippen LogP contribution < -0.4 is 20.5 Å². The number of carbonyl (C=O) groups excluding carboxylic acids is 2. The highest BCUT2D eigenvalue weighted by atomic mass is 35.5. The van der Waals surface area contributed by atoms with Gasteiger partial charge in [-0.1, -0.05) is 11.6 Å². The monoisotopic (exact) mass is 655 g/mol. The number of aliphatic hydroxyl groups is 1. The number of hydrogen-bond donors (Lipinski definition) is 3. The summed E-state index contributed by atoms with van der Waals surface area (Å²) in [6.07, 6.45) is 3.75. The minimum Gasteiger partial charge on any atom is -0.494 e. The highest BCUT2D eigenvalue weighted by Gasteiger charge is 2.62. The maximum Gasteiger partial charge on any atom is 0.251 e. The Hall–Kier alpha value is -4.36. The van der Waals surface area contributed by atoms with Crippen LogP contribution in [0.15, 0.2) is 36.5 Å². The molecule has 4 aromatic rings. The highest BCUT2D eigenvalue weighted by Crippen LogP contribution is 2.55. The van der Waals surface area contributed by atoms with Crippen LogP contribution in [0.5, 0.6) is 11.5 Å². The van der Waals surface area contributed by atoms with E-state index in [-0.39, 0.29) is 53.3 Å². The molecular weight excluding hydrogens is 627 g/mol. The van der Waals surface area contributed by atoms with Crippen molar-refractivity contribution in [3.63, 3.8) is 0 Å². The number of pyridine rings is 1. The van der Waals surface area contributed by atoms with Crippen LogP contribution in [0.25, 0.3) is 22.2 Å². The van der Waals surface area contributed by atoms with E-state index in [1.54, 1.807) is 6.07 Å². The molecule has 4 N–H and O–H groups in total. The van der Waals surface area contributed by atoms with Gasteiger partial charge in [0, 0.05) is 28.3 Å². The first-order valence-electron chi connectivity index (χ1n) is 14.7. The van der Waals surface area contributed by atoms with E-state index in [1.165, 1.54) is 26.2 Å². The minimum atomic E-state index is -2.43. The number of aromatic nitrogens is 3. The number of methoxy groups -OCH3 is 1. The summed E-state index contributed by atoms with van der Waals surface area (Å²) in [5.74, 6) is -3.59. The Bertz CT molecular complexity index is 1960. The van der Waals surface area contributed by atoms with Crippen molar-refractivity contribution < 1.29 is 37.3 Å². The molecule has 3 heterocycles. The quantitative estimate of drug-likeness (QED) is 0.223. The van der Waals surface area contributed by atoms with Gasteiger partial charge in [-0.3, -0.25) is 14.3 Å². The molecule has 0 saturated heterocycles. The van der Waals surface area contributed by atoms with Crippen molar-refractivity contribution in [3.05, 3.63) is 70.0 Å². The summed E-state index contributed by atoms with van der Waals surface area (Å²) in [4.78, 5) is 30.6. The molecule has 14 heteroatoms. The second-order valence-corrected chi connectivity index (χ2v) is 12.8. The molecule has 2 fully saturated rings. The summed E-state index contributed by atoms with van der Waals surface area (Å²) in [7, 11) is 1.46. The molecule has 2 saturated carbocycles. The van der Waals surface area contributed by atoms with E-state index in [9.17, 15) is 23.5 Å². The molecule has 7 rings (SSSR count). The molecule has 46 heavy (non-hydrogen) atoms. The van der Waals surface area contributed by atoms with E-state index in [0.29, 0.717) is 22.7 Å². The van der Waals surface area contributed by atoms with Crippen LogP contribution in [0.1, 0.15) is 60.3 Å². The number of nitrogens with one attached hydrogen (secondary N) is 1. The van der Waals surface area contributed by atoms with E-state index in [1.807, 2.05) is 10.9 Å². The van der Waals surface area contributed by atoms with Gasteiger partial charge < -0.3 is 25.6 Å². The SMILES string of the molecule is COc1cc(C(=O)NCC(O)(c2cc3c(c(-c4ccc(F)c(F)c4Cl)n2)OC[C@]3(C)C(N)=O)C2(F)CC2)cc2cn(C3CC3)nc12. The first-order valence-corrected chi connectivity index (χ1v) is 15.1. The fourth-order valence-corrected chi connectivity index (χ4v) is 6.18. The highest BCUT2D eigenvalue weighted by molar-refractivity contribution is 6.33. The fraction of sp³-hybridized carbons (Fsp3) is 0.375. The van der Waals surface area contributed by atoms with Crippen molar-refractivity contribution in [1.29, 1.82) is 0 Å². The molecule has 240 valence electrons. The molecule has 1 aliphatic heterocycles. The maximum absolute atomic E-state index is 16.2. The first kappa shape index (κ1) is 30.3. The molecule has 2 aliphatic carbocycles. The van der Waals surface area contributed by atoms with Gasteiger partial charge in [-0.2, -0.15) is 5.10 Å². The van der Waals surface area contributed by atoms with Gasteiger partial charge in [-0.25, -0.2) is 18.2 Å². The number of benzene rings is 2. The third-order valence-electron chi connectivity index (χ3n) is 9.26. The average molecular weight is 656 g/mol. The number of primary amides is 1. The lowest BCUT2D eigenvalue weighted by Gasteiger charge is -2.33. The summed E-state index contributed by atoms with van der Waals surface area (Å²) in [6, 6.07) is 6.74. The largest absolute Gasteiger partial charge is 0.494 e. The van der Waals surface area contributed by atoms with Crippen molar-refractivity contribution in [2.24, 2.45) is 5.73 Å². The van der Waals surface area contributed by atoms with E-state index < -0.39 is 51.7 Å². The lowest BCUT2D eigenvalue weighted by molar-refractivity contribution is -0.123. The molecule has 0 bridgehead atoms. The third-order valence-corrected chi connectivity index (χ3v) is 9.63. The third kappa shape index (κ3) is 4.58. The van der Waals surface area contributed by atoms with E-state index >= 15 is 4.39 Å². The molecule has 0 radical (unpaired) electrons. The number of rotatable bonds is 9. The van der Waals surface area contributed by atoms with Gasteiger partial charge in [0.1, 0.15) is 40.4 Å². The number of amides is 2. The number of carbonyl (C=O) groups is 2. The summed E-state index contributed by atoms with van der Waals surface area (Å²) < 4.78 is 57.9. The van der Waals surface area contributed by atoms with Crippen LogP contribution >= 0.6 is 11.6 Å². The maximum atomic E-state index is 16.2. The molecule has 0 spiro atoms. The summed E-state index contributed by atoms with van der Waals surface area (Å²) in [5.41, 5.74) is 0.0270. The molecule has 2 aromatic heterocycles. The van der Waals surface area contributed by atoms with Gasteiger partial charge >= 0.3 is 0 Å². The zero-order valence-corrected chi connectivity index (χ0v) is 25.6. The van der Waals surface area contributed by atoms with Crippen LogP contribution in [0.2, 0.25) is 5.02 Å². The second kappa shape index (κ2) is 10.3. The summed E-state index contributed by atoms with van der Waals surface area (Å²) in [5, 5.41) is 19.3. The van der Waals surface area contributed by atoms with Crippen molar-refractivity contribution in [3.8, 4) is 22.8 Å². The Balaban J connectivity index is 1.30. The van der Waals surface area contributed by atoms with E-state index in [0.717, 1.165) is 25.0 Å². The number of alkyl halides is 1. The van der Waals surface area contributed by atoms with Gasteiger partial charge in [0.15, 0.2) is 17.2 Å². The minimum absolute atomic E-state index is 0.000176. The number of fused-ring (bicyclic) bond motifs is 2. The fourth-order valence-electron chi connectivity index (χ4n) is 5.94. The Morgan fingerprint density at radius 2 is 2.00 bits per heavy atom. The molecule has 2 amide bonds. The lowest BCUT2D eigenvalue weighted by atomic mass is 9.80. The second-order valence-electron chi connectivity index (χ2n) is 12.4. The van der Waals surface area contributed by atoms with Crippen molar-refractivity contribution >= 4 is 34.3 Å². The molecule has 10 nitrogen and oxygen atoms in total. The zero-order valence-electron chi connectivity index (χ0n) is 24.8. The standard InChI is InChI=1S/C32H29ClF3N5O5/c1-30(29(37)43)14-46-27-19(30)11-22(39-26(27)18-5-6-20(34)24(35)23(18)33)32(44,31(36)7-8-31)13-38-28(42)15-9-16-12-41(17-3-4-17)40-25(16)21(10-15)45-2/h5-6,9-12,17,44H,3-4,7-8,13-14H2,1-2H3,(H2,37,43)(H,38,42)/t30-,32?/m0/s1. The Morgan fingerprint density at radius 3 is 2.65 bits per heavy atom. The van der Waals surface area contributed by atoms with Crippen LogP contribution in [0.3, 0.4) is 0 Å². The van der Waals surface area contributed by atoms with Crippen LogP contribution in [-0.2, 0) is 15.8 Å². The van der Waals surface area contributed by atoms with Crippen molar-refractivity contribution in [1.82, 2.24) is 20.1 Å². The van der Waals surface area contributed by atoms with Gasteiger partial charge in [0.05, 0.1) is 30.4 Å². The number of nitrogens with zero attached hydrogens (tertiary/aromatic N) is 3. The van der Waals surface area contributed by atoms with Gasteiger partial charge in [-0.05, 0) is 62.9 Å². The van der Waals surface area contributed by atoms with E-state index in [4.69, 9.17) is 26.8 Å². The van der Waals surface area contributed by atoms with Crippen LogP contribution in [-0.4, -0.2) is 57.6 Å². The molecule has 3 aliphatic rings. The number of nitrogens with two attached hydrogens (primary N) is 1. The smallest absolute Gasteiger partial charge is 0.251 e.